The summed E-state index contributed by atoms with van der Waals surface area (Å²) in [5, 5.41) is 0. The van der Waals surface area contributed by atoms with Gasteiger partial charge in [-0.15, -0.1) is 0 Å². The molecule has 0 spiro atoms. The highest BCUT2D eigenvalue weighted by Crippen LogP contribution is 2.54. The molecule has 0 aromatic heterocycles. The van der Waals surface area contributed by atoms with Crippen LogP contribution in [0.4, 0.5) is 17.6 Å². The maximum absolute atomic E-state index is 14.9. The van der Waals surface area contributed by atoms with Gasteiger partial charge in [-0.25, -0.2) is 17.6 Å². The van der Waals surface area contributed by atoms with E-state index in [4.69, 9.17) is 0 Å². The van der Waals surface area contributed by atoms with E-state index >= 15 is 0 Å². The molecular formula is C23H32F4. The van der Waals surface area contributed by atoms with E-state index in [1.54, 1.807) is 0 Å². The Hall–Kier alpha value is -1.06. The second-order valence-corrected chi connectivity index (χ2v) is 9.02. The van der Waals surface area contributed by atoms with E-state index < -0.39 is 29.0 Å². The number of alkyl halides is 2. The monoisotopic (exact) mass is 384 g/mol. The Morgan fingerprint density at radius 3 is 1.93 bits per heavy atom. The minimum absolute atomic E-state index is 0. The number of benzene rings is 1. The fraction of sp³-hybridized carbons (Fsp3) is 0.739. The highest BCUT2D eigenvalue weighted by Gasteiger charge is 2.54. The fourth-order valence-electron chi connectivity index (χ4n) is 5.91. The topological polar surface area (TPSA) is 0 Å². The first-order chi connectivity index (χ1) is 12.4. The summed E-state index contributed by atoms with van der Waals surface area (Å²) in [7, 11) is 0. The molecule has 27 heavy (non-hydrogen) atoms. The van der Waals surface area contributed by atoms with Gasteiger partial charge in [0.15, 0.2) is 11.6 Å². The number of rotatable bonds is 2. The molecule has 0 aliphatic heterocycles. The average molecular weight is 385 g/mol. The highest BCUT2D eigenvalue weighted by molar-refractivity contribution is 5.39. The second-order valence-electron chi connectivity index (χ2n) is 9.02. The molecule has 2 saturated carbocycles. The standard InChI is InChI=1S/C22H28F4.CH4/c1-13-2-4-14(5-3-13)15-6-8-16(9-7-15)18-12-17-10-11-19(23)21(24)20(17)22(18,25)26;/h10-11,13-16,18H,2-9,12H2,1H3;1H4. The van der Waals surface area contributed by atoms with E-state index in [2.05, 4.69) is 6.92 Å². The van der Waals surface area contributed by atoms with Gasteiger partial charge in [0.25, 0.3) is 5.92 Å². The minimum atomic E-state index is -3.25. The SMILES string of the molecule is C.CC1CCC(C2CCC(C3Cc4ccc(F)c(F)c4C3(F)F)CC2)CC1. The van der Waals surface area contributed by atoms with Crippen LogP contribution in [0, 0.1) is 41.2 Å². The first-order valence-electron chi connectivity index (χ1n) is 10.2. The highest BCUT2D eigenvalue weighted by atomic mass is 19.3. The molecular weight excluding hydrogens is 352 g/mol. The molecule has 0 heterocycles. The van der Waals surface area contributed by atoms with E-state index in [1.807, 2.05) is 0 Å². The molecule has 3 aliphatic carbocycles. The van der Waals surface area contributed by atoms with Gasteiger partial charge in [-0.1, -0.05) is 33.3 Å². The van der Waals surface area contributed by atoms with Crippen molar-refractivity contribution in [3.8, 4) is 0 Å². The van der Waals surface area contributed by atoms with E-state index in [1.165, 1.54) is 31.7 Å². The number of halogens is 4. The second kappa shape index (κ2) is 7.75. The first-order valence-corrected chi connectivity index (χ1v) is 10.2. The zero-order chi connectivity index (χ0) is 18.5. The third kappa shape index (κ3) is 3.65. The fourth-order valence-corrected chi connectivity index (χ4v) is 5.91. The summed E-state index contributed by atoms with van der Waals surface area (Å²) >= 11 is 0. The Bertz CT molecular complexity index is 653. The van der Waals surface area contributed by atoms with E-state index in [-0.39, 0.29) is 19.8 Å². The van der Waals surface area contributed by atoms with Crippen LogP contribution in [0.5, 0.6) is 0 Å². The van der Waals surface area contributed by atoms with Crippen LogP contribution in [-0.4, -0.2) is 0 Å². The molecule has 0 saturated heterocycles. The summed E-state index contributed by atoms with van der Waals surface area (Å²) in [5.41, 5.74) is -0.381. The lowest BCUT2D eigenvalue weighted by Crippen LogP contribution is -2.33. The zero-order valence-electron chi connectivity index (χ0n) is 15.4. The number of fused-ring (bicyclic) bond motifs is 1. The van der Waals surface area contributed by atoms with Crippen LogP contribution in [-0.2, 0) is 12.3 Å². The molecule has 0 nitrogen and oxygen atoms in total. The van der Waals surface area contributed by atoms with Crippen molar-refractivity contribution in [2.75, 3.05) is 0 Å². The van der Waals surface area contributed by atoms with Crippen LogP contribution >= 0.6 is 0 Å². The van der Waals surface area contributed by atoms with Gasteiger partial charge in [-0.05, 0) is 80.2 Å². The maximum Gasteiger partial charge on any atom is 0.279 e. The van der Waals surface area contributed by atoms with Gasteiger partial charge >= 0.3 is 0 Å². The minimum Gasteiger partial charge on any atom is -0.204 e. The van der Waals surface area contributed by atoms with Crippen molar-refractivity contribution < 1.29 is 17.6 Å². The summed E-state index contributed by atoms with van der Waals surface area (Å²) in [6, 6.07) is 2.32. The predicted octanol–water partition coefficient (Wildman–Crippen LogP) is 7.50. The Morgan fingerprint density at radius 1 is 0.815 bits per heavy atom. The van der Waals surface area contributed by atoms with Crippen molar-refractivity contribution in [1.29, 1.82) is 0 Å². The number of hydrogen-bond donors (Lipinski definition) is 0. The lowest BCUT2D eigenvalue weighted by molar-refractivity contribution is -0.0856. The summed E-state index contributed by atoms with van der Waals surface area (Å²) in [5.74, 6) is -4.46. The van der Waals surface area contributed by atoms with Crippen LogP contribution in [0.25, 0.3) is 0 Å². The molecule has 0 bridgehead atoms. The molecule has 0 N–H and O–H groups in total. The average Bonchev–Trinajstić information content (AvgIpc) is 2.90. The quantitative estimate of drug-likeness (QED) is 0.463. The van der Waals surface area contributed by atoms with Gasteiger partial charge in [0.1, 0.15) is 0 Å². The van der Waals surface area contributed by atoms with Crippen molar-refractivity contribution in [3.05, 3.63) is 34.9 Å². The van der Waals surface area contributed by atoms with E-state index in [0.717, 1.165) is 43.6 Å². The Kier molecular flexibility index (Phi) is 5.93. The largest absolute Gasteiger partial charge is 0.279 e. The van der Waals surface area contributed by atoms with Crippen molar-refractivity contribution in [2.24, 2.45) is 29.6 Å². The predicted molar refractivity (Wildman–Crippen MR) is 101 cm³/mol. The van der Waals surface area contributed by atoms with Gasteiger partial charge in [0, 0.05) is 5.92 Å². The molecule has 152 valence electrons. The zero-order valence-corrected chi connectivity index (χ0v) is 15.4. The first kappa shape index (κ1) is 20.7. The van der Waals surface area contributed by atoms with Crippen LogP contribution in [0.2, 0.25) is 0 Å². The van der Waals surface area contributed by atoms with E-state index in [9.17, 15) is 17.6 Å². The molecule has 4 rings (SSSR count). The van der Waals surface area contributed by atoms with Crippen molar-refractivity contribution in [1.82, 2.24) is 0 Å². The molecule has 0 radical (unpaired) electrons. The summed E-state index contributed by atoms with van der Waals surface area (Å²) in [4.78, 5) is 0. The molecule has 3 aliphatic rings. The summed E-state index contributed by atoms with van der Waals surface area (Å²) in [6.45, 7) is 2.31. The third-order valence-corrected chi connectivity index (χ3v) is 7.53. The van der Waals surface area contributed by atoms with Crippen molar-refractivity contribution in [3.63, 3.8) is 0 Å². The third-order valence-electron chi connectivity index (χ3n) is 7.53. The van der Waals surface area contributed by atoms with Crippen molar-refractivity contribution in [2.45, 2.75) is 78.1 Å². The molecule has 4 heteroatoms. The Balaban J connectivity index is 0.00000210. The van der Waals surface area contributed by atoms with Gasteiger partial charge < -0.3 is 0 Å². The normalized spacial score (nSPS) is 35.4. The molecule has 2 fully saturated rings. The van der Waals surface area contributed by atoms with Crippen LogP contribution in [0.15, 0.2) is 12.1 Å². The smallest absolute Gasteiger partial charge is 0.204 e. The Morgan fingerprint density at radius 2 is 1.33 bits per heavy atom. The molecule has 1 unspecified atom stereocenters. The molecule has 1 atom stereocenters. The van der Waals surface area contributed by atoms with Crippen LogP contribution in [0.3, 0.4) is 0 Å². The van der Waals surface area contributed by atoms with Crippen LogP contribution in [0.1, 0.15) is 76.8 Å². The van der Waals surface area contributed by atoms with Gasteiger partial charge in [0.2, 0.25) is 0 Å². The summed E-state index contributed by atoms with van der Waals surface area (Å²) in [6.07, 6.45) is 8.97. The van der Waals surface area contributed by atoms with Crippen LogP contribution < -0.4 is 0 Å². The van der Waals surface area contributed by atoms with Crippen molar-refractivity contribution >= 4 is 0 Å². The lowest BCUT2D eigenvalue weighted by Gasteiger charge is -2.39. The molecule has 1 aromatic carbocycles. The van der Waals surface area contributed by atoms with E-state index in [0.29, 0.717) is 11.5 Å². The Labute approximate surface area is 160 Å². The number of hydrogen-bond acceptors (Lipinski definition) is 0. The van der Waals surface area contributed by atoms with Gasteiger partial charge in [0.05, 0.1) is 5.56 Å². The maximum atomic E-state index is 14.9. The van der Waals surface area contributed by atoms with Gasteiger partial charge in [-0.2, -0.15) is 0 Å². The van der Waals surface area contributed by atoms with Gasteiger partial charge in [-0.3, -0.25) is 0 Å². The summed E-state index contributed by atoms with van der Waals surface area (Å²) < 4.78 is 57.3. The molecule has 0 amide bonds. The molecule has 1 aromatic rings. The lowest BCUT2D eigenvalue weighted by atomic mass is 9.67.